The molecule has 0 aliphatic rings. The van der Waals surface area contributed by atoms with E-state index in [0.717, 1.165) is 22.3 Å². The molecule has 2 heterocycles. The van der Waals surface area contributed by atoms with Gasteiger partial charge in [-0.05, 0) is 50.0 Å². The van der Waals surface area contributed by atoms with Crippen molar-refractivity contribution in [1.82, 2.24) is 24.9 Å². The van der Waals surface area contributed by atoms with E-state index < -0.39 is 11.0 Å². The van der Waals surface area contributed by atoms with Gasteiger partial charge in [0.25, 0.3) is 0 Å². The number of aryl methyl sites for hydroxylation is 3. The molecule has 2 aromatic rings. The Balaban J connectivity index is 1.86. The lowest BCUT2D eigenvalue weighted by molar-refractivity contribution is -0.385. The third-order valence-corrected chi connectivity index (χ3v) is 5.15. The highest BCUT2D eigenvalue weighted by molar-refractivity contribution is 9.10. The largest absolute Gasteiger partial charge is 0.354 e. The molecule has 0 saturated carbocycles. The van der Waals surface area contributed by atoms with Crippen LogP contribution >= 0.6 is 15.9 Å². The summed E-state index contributed by atoms with van der Waals surface area (Å²) < 4.78 is 4.22. The van der Waals surface area contributed by atoms with Crippen LogP contribution in [0.4, 0.5) is 5.69 Å². The fourth-order valence-electron chi connectivity index (χ4n) is 2.45. The molecule has 9 nitrogen and oxygen atoms in total. The van der Waals surface area contributed by atoms with Crippen LogP contribution in [0.2, 0.25) is 0 Å². The fourth-order valence-corrected chi connectivity index (χ4v) is 2.73. The second-order valence-corrected chi connectivity index (χ2v) is 6.66. The minimum atomic E-state index is -0.616. The lowest BCUT2D eigenvalue weighted by Crippen LogP contribution is -2.32. The van der Waals surface area contributed by atoms with Crippen LogP contribution in [0.5, 0.6) is 0 Å². The quantitative estimate of drug-likeness (QED) is 0.426. The molecule has 0 aliphatic carbocycles. The van der Waals surface area contributed by atoms with Crippen LogP contribution in [0.3, 0.4) is 0 Å². The van der Waals surface area contributed by atoms with Gasteiger partial charge in [-0.25, -0.2) is 0 Å². The highest BCUT2D eigenvalue weighted by Gasteiger charge is 2.21. The van der Waals surface area contributed by atoms with E-state index in [1.165, 1.54) is 10.9 Å². The predicted molar refractivity (Wildman–Crippen MR) is 95.4 cm³/mol. The zero-order valence-electron chi connectivity index (χ0n) is 14.6. The zero-order valence-corrected chi connectivity index (χ0v) is 16.2. The minimum Gasteiger partial charge on any atom is -0.354 e. The maximum atomic E-state index is 12.2. The van der Waals surface area contributed by atoms with E-state index in [0.29, 0.717) is 18.8 Å². The summed E-state index contributed by atoms with van der Waals surface area (Å²) in [4.78, 5) is 22.6. The standard InChI is InChI=1S/C15H21BrN6O3/c1-9-13(22(24)25)8-21(18-9)12(4)15(23)17-6-5-7-20-11(3)14(16)10(2)19-20/h8,12H,5-7H2,1-4H3,(H,17,23). The Morgan fingerprint density at radius 1 is 1.36 bits per heavy atom. The van der Waals surface area contributed by atoms with E-state index in [1.807, 2.05) is 18.5 Å². The summed E-state index contributed by atoms with van der Waals surface area (Å²) in [6, 6.07) is -0.616. The Hall–Kier alpha value is -2.23. The molecule has 0 saturated heterocycles. The molecule has 0 spiro atoms. The van der Waals surface area contributed by atoms with Crippen LogP contribution in [-0.4, -0.2) is 36.9 Å². The number of hydrogen-bond donors (Lipinski definition) is 1. The molecule has 0 fully saturated rings. The van der Waals surface area contributed by atoms with Gasteiger partial charge in [0.2, 0.25) is 5.91 Å². The van der Waals surface area contributed by atoms with Crippen LogP contribution in [0.1, 0.15) is 36.5 Å². The molecule has 25 heavy (non-hydrogen) atoms. The average molecular weight is 413 g/mol. The van der Waals surface area contributed by atoms with Gasteiger partial charge >= 0.3 is 5.69 Å². The van der Waals surface area contributed by atoms with Crippen molar-refractivity contribution in [3.05, 3.63) is 37.9 Å². The number of nitrogens with zero attached hydrogens (tertiary/aromatic N) is 5. The van der Waals surface area contributed by atoms with Crippen molar-refractivity contribution in [2.75, 3.05) is 6.54 Å². The zero-order chi connectivity index (χ0) is 18.7. The lowest BCUT2D eigenvalue weighted by atomic mass is 10.3. The van der Waals surface area contributed by atoms with Crippen LogP contribution in [-0.2, 0) is 11.3 Å². The number of halogens is 1. The van der Waals surface area contributed by atoms with Crippen molar-refractivity contribution in [1.29, 1.82) is 0 Å². The van der Waals surface area contributed by atoms with Crippen LogP contribution in [0.15, 0.2) is 10.7 Å². The first kappa shape index (κ1) is 19.1. The Morgan fingerprint density at radius 2 is 2.04 bits per heavy atom. The van der Waals surface area contributed by atoms with Gasteiger partial charge in [-0.15, -0.1) is 0 Å². The van der Waals surface area contributed by atoms with Gasteiger partial charge in [-0.3, -0.25) is 24.3 Å². The number of rotatable bonds is 7. The smallest absolute Gasteiger partial charge is 0.309 e. The van der Waals surface area contributed by atoms with Gasteiger partial charge < -0.3 is 5.32 Å². The Kier molecular flexibility index (Phi) is 5.93. The van der Waals surface area contributed by atoms with E-state index in [-0.39, 0.29) is 11.6 Å². The maximum absolute atomic E-state index is 12.2. The Morgan fingerprint density at radius 3 is 2.56 bits per heavy atom. The molecule has 2 aromatic heterocycles. The number of nitrogens with one attached hydrogen (secondary N) is 1. The normalized spacial score (nSPS) is 12.2. The minimum absolute atomic E-state index is 0.0882. The molecule has 0 radical (unpaired) electrons. The molecule has 1 N–H and O–H groups in total. The summed E-state index contributed by atoms with van der Waals surface area (Å²) >= 11 is 3.48. The van der Waals surface area contributed by atoms with Crippen molar-refractivity contribution in [3.63, 3.8) is 0 Å². The molecule has 1 amide bonds. The number of amides is 1. The third kappa shape index (κ3) is 4.25. The lowest BCUT2D eigenvalue weighted by Gasteiger charge is -2.12. The predicted octanol–water partition coefficient (Wildman–Crippen LogP) is 2.44. The van der Waals surface area contributed by atoms with Gasteiger partial charge in [-0.2, -0.15) is 10.2 Å². The van der Waals surface area contributed by atoms with E-state index in [2.05, 4.69) is 31.4 Å². The van der Waals surface area contributed by atoms with E-state index in [4.69, 9.17) is 0 Å². The van der Waals surface area contributed by atoms with Gasteiger partial charge in [0.1, 0.15) is 17.9 Å². The number of aromatic nitrogens is 4. The summed E-state index contributed by atoms with van der Waals surface area (Å²) in [5.41, 5.74) is 2.19. The SMILES string of the molecule is Cc1nn(C(C)C(=O)NCCCn2nc(C)c(Br)c2C)cc1[N+](=O)[O-]. The molecule has 1 atom stereocenters. The summed E-state index contributed by atoms with van der Waals surface area (Å²) in [6.45, 7) is 8.30. The first-order chi connectivity index (χ1) is 11.7. The summed E-state index contributed by atoms with van der Waals surface area (Å²) in [5.74, 6) is -0.230. The van der Waals surface area contributed by atoms with Crippen LogP contribution < -0.4 is 5.32 Å². The van der Waals surface area contributed by atoms with E-state index >= 15 is 0 Å². The molecular formula is C15H21BrN6O3. The van der Waals surface area contributed by atoms with Crippen molar-refractivity contribution in [3.8, 4) is 0 Å². The van der Waals surface area contributed by atoms with Crippen LogP contribution in [0.25, 0.3) is 0 Å². The highest BCUT2D eigenvalue weighted by Crippen LogP contribution is 2.20. The first-order valence-corrected chi connectivity index (χ1v) is 8.69. The van der Waals surface area contributed by atoms with Gasteiger partial charge in [-0.1, -0.05) is 0 Å². The van der Waals surface area contributed by atoms with Crippen molar-refractivity contribution in [2.45, 2.75) is 46.7 Å². The summed E-state index contributed by atoms with van der Waals surface area (Å²) in [5, 5.41) is 22.2. The average Bonchev–Trinajstić information content (AvgIpc) is 3.06. The molecule has 0 aliphatic heterocycles. The fraction of sp³-hybridized carbons (Fsp3) is 0.533. The molecule has 10 heteroatoms. The van der Waals surface area contributed by atoms with Crippen LogP contribution in [0, 0.1) is 30.9 Å². The summed E-state index contributed by atoms with van der Waals surface area (Å²) in [6.07, 6.45) is 2.01. The third-order valence-electron chi connectivity index (χ3n) is 4.00. The maximum Gasteiger partial charge on any atom is 0.309 e. The van der Waals surface area contributed by atoms with Crippen molar-refractivity contribution in [2.24, 2.45) is 0 Å². The van der Waals surface area contributed by atoms with Gasteiger partial charge in [0.05, 0.1) is 15.1 Å². The Labute approximate surface area is 153 Å². The summed E-state index contributed by atoms with van der Waals surface area (Å²) in [7, 11) is 0. The highest BCUT2D eigenvalue weighted by atomic mass is 79.9. The number of hydrogen-bond acceptors (Lipinski definition) is 5. The molecule has 0 aromatic carbocycles. The van der Waals surface area contributed by atoms with E-state index in [9.17, 15) is 14.9 Å². The second kappa shape index (κ2) is 7.77. The van der Waals surface area contributed by atoms with Gasteiger partial charge in [0, 0.05) is 18.8 Å². The molecule has 2 rings (SSSR count). The van der Waals surface area contributed by atoms with Gasteiger partial charge in [0.15, 0.2) is 0 Å². The van der Waals surface area contributed by atoms with Crippen molar-refractivity contribution < 1.29 is 9.72 Å². The topological polar surface area (TPSA) is 108 Å². The number of carbonyl (C=O) groups excluding carboxylic acids is 1. The Bertz CT molecular complexity index is 798. The molecule has 1 unspecified atom stereocenters. The number of carbonyl (C=O) groups is 1. The monoisotopic (exact) mass is 412 g/mol. The number of nitro groups is 1. The van der Waals surface area contributed by atoms with E-state index in [1.54, 1.807) is 13.8 Å². The molecule has 136 valence electrons. The van der Waals surface area contributed by atoms with Crippen molar-refractivity contribution >= 4 is 27.5 Å². The molecule has 0 bridgehead atoms. The first-order valence-electron chi connectivity index (χ1n) is 7.89. The second-order valence-electron chi connectivity index (χ2n) is 5.87. The molecular weight excluding hydrogens is 392 g/mol.